The van der Waals surface area contributed by atoms with E-state index in [2.05, 4.69) is 21.4 Å². The van der Waals surface area contributed by atoms with Crippen LogP contribution in [-0.4, -0.2) is 4.98 Å². The average molecular weight is 278 g/mol. The molecule has 0 radical (unpaired) electrons. The van der Waals surface area contributed by atoms with Gasteiger partial charge < -0.3 is 10.5 Å². The molecule has 0 atom stereocenters. The maximum absolute atomic E-state index is 6.08. The number of hydrogen-bond acceptors (Lipinski definition) is 6. The number of nitrogen functional groups attached to an aromatic ring is 1. The first kappa shape index (κ1) is 11.9. The molecule has 1 aromatic heterocycles. The number of nitrogens with one attached hydrogen (secondary N) is 3. The maximum atomic E-state index is 6.08. The van der Waals surface area contributed by atoms with Crippen molar-refractivity contribution in [2.24, 2.45) is 0 Å². The molecule has 0 spiro atoms. The molecule has 0 fully saturated rings. The van der Waals surface area contributed by atoms with Gasteiger partial charge >= 0.3 is 0 Å². The van der Waals surface area contributed by atoms with Crippen LogP contribution in [0.5, 0.6) is 5.75 Å². The number of ether oxygens (including phenoxy) is 1. The fourth-order valence-corrected chi connectivity index (χ4v) is 1.98. The molecule has 3 rings (SSSR count). The SMILES string of the molecule is Nc1cc(OCc2ccccc2Cl)c2c(n1)NNN2. The van der Waals surface area contributed by atoms with Crippen molar-refractivity contribution in [1.82, 2.24) is 10.5 Å². The third kappa shape index (κ3) is 2.35. The van der Waals surface area contributed by atoms with Crippen LogP contribution >= 0.6 is 11.6 Å². The topological polar surface area (TPSA) is 84.2 Å². The number of pyridine rings is 1. The Balaban J connectivity index is 1.83. The predicted octanol–water partition coefficient (Wildman–Crippen LogP) is 2.15. The maximum Gasteiger partial charge on any atom is 0.172 e. The molecule has 6 nitrogen and oxygen atoms in total. The van der Waals surface area contributed by atoms with E-state index >= 15 is 0 Å². The van der Waals surface area contributed by atoms with E-state index in [0.717, 1.165) is 11.3 Å². The molecule has 0 bridgehead atoms. The second-order valence-electron chi connectivity index (χ2n) is 4.02. The Morgan fingerprint density at radius 3 is 2.95 bits per heavy atom. The number of rotatable bonds is 3. The summed E-state index contributed by atoms with van der Waals surface area (Å²) in [7, 11) is 0. The molecule has 5 N–H and O–H groups in total. The molecule has 98 valence electrons. The summed E-state index contributed by atoms with van der Waals surface area (Å²) in [5.74, 6) is 1.60. The Kier molecular flexibility index (Phi) is 3.02. The van der Waals surface area contributed by atoms with Crippen LogP contribution < -0.4 is 26.9 Å². The molecule has 2 heterocycles. The van der Waals surface area contributed by atoms with Crippen LogP contribution in [0.3, 0.4) is 0 Å². The fourth-order valence-electron chi connectivity index (χ4n) is 1.79. The molecule has 19 heavy (non-hydrogen) atoms. The first-order valence-electron chi connectivity index (χ1n) is 5.68. The predicted molar refractivity (Wildman–Crippen MR) is 74.8 cm³/mol. The summed E-state index contributed by atoms with van der Waals surface area (Å²) in [5.41, 5.74) is 15.8. The van der Waals surface area contributed by atoms with Crippen LogP contribution in [0.2, 0.25) is 5.02 Å². The van der Waals surface area contributed by atoms with Crippen molar-refractivity contribution in [3.8, 4) is 5.75 Å². The van der Waals surface area contributed by atoms with Gasteiger partial charge in [-0.05, 0) is 6.07 Å². The van der Waals surface area contributed by atoms with Gasteiger partial charge in [-0.2, -0.15) is 0 Å². The quantitative estimate of drug-likeness (QED) is 0.688. The number of nitrogens with zero attached hydrogens (tertiary/aromatic N) is 1. The van der Waals surface area contributed by atoms with Gasteiger partial charge in [0.15, 0.2) is 11.6 Å². The van der Waals surface area contributed by atoms with E-state index in [1.807, 2.05) is 24.3 Å². The Labute approximate surface area is 114 Å². The van der Waals surface area contributed by atoms with Gasteiger partial charge in [0.25, 0.3) is 0 Å². The van der Waals surface area contributed by atoms with Crippen molar-refractivity contribution >= 4 is 28.9 Å². The van der Waals surface area contributed by atoms with Gasteiger partial charge in [-0.3, -0.25) is 10.9 Å². The molecule has 0 unspecified atom stereocenters. The van der Waals surface area contributed by atoms with E-state index in [9.17, 15) is 0 Å². The molecule has 7 heteroatoms. The highest BCUT2D eigenvalue weighted by atomic mass is 35.5. The monoisotopic (exact) mass is 277 g/mol. The van der Waals surface area contributed by atoms with Gasteiger partial charge in [-0.1, -0.05) is 29.8 Å². The van der Waals surface area contributed by atoms with Crippen molar-refractivity contribution in [2.75, 3.05) is 16.6 Å². The third-order valence-electron chi connectivity index (χ3n) is 2.71. The number of hydrogen-bond donors (Lipinski definition) is 4. The fraction of sp³-hybridized carbons (Fsp3) is 0.0833. The van der Waals surface area contributed by atoms with Gasteiger partial charge in [-0.15, -0.1) is 5.53 Å². The zero-order valence-electron chi connectivity index (χ0n) is 9.90. The zero-order valence-corrected chi connectivity index (χ0v) is 10.7. The number of fused-ring (bicyclic) bond motifs is 1. The number of aromatic nitrogens is 1. The van der Waals surface area contributed by atoms with Crippen LogP contribution in [0.15, 0.2) is 30.3 Å². The smallest absolute Gasteiger partial charge is 0.172 e. The minimum absolute atomic E-state index is 0.358. The zero-order chi connectivity index (χ0) is 13.2. The molecule has 0 amide bonds. The molecule has 1 aromatic carbocycles. The first-order valence-corrected chi connectivity index (χ1v) is 6.05. The minimum atomic E-state index is 0.358. The summed E-state index contributed by atoms with van der Waals surface area (Å²) < 4.78 is 5.75. The van der Waals surface area contributed by atoms with Crippen LogP contribution in [0.25, 0.3) is 0 Å². The highest BCUT2D eigenvalue weighted by Crippen LogP contribution is 2.35. The van der Waals surface area contributed by atoms with E-state index < -0.39 is 0 Å². The number of anilines is 3. The molecular weight excluding hydrogens is 266 g/mol. The van der Waals surface area contributed by atoms with E-state index in [1.165, 1.54) is 0 Å². The van der Waals surface area contributed by atoms with Crippen molar-refractivity contribution < 1.29 is 4.74 Å². The van der Waals surface area contributed by atoms with E-state index in [-0.39, 0.29) is 0 Å². The number of nitrogens with two attached hydrogens (primary N) is 1. The van der Waals surface area contributed by atoms with Gasteiger partial charge in [0.1, 0.15) is 18.1 Å². The number of hydrazine groups is 2. The molecule has 1 aliphatic rings. The van der Waals surface area contributed by atoms with Crippen LogP contribution in [0.1, 0.15) is 5.56 Å². The Hall–Kier alpha value is -2.18. The standard InChI is InChI=1S/C12H12ClN5O/c13-8-4-2-1-3-7(8)6-19-9-5-10(14)15-12-11(9)16-18-17-12/h1-5,16,18H,6H2,(H3,14,15,17). The Morgan fingerprint density at radius 1 is 1.26 bits per heavy atom. The van der Waals surface area contributed by atoms with Crippen molar-refractivity contribution in [3.05, 3.63) is 40.9 Å². The minimum Gasteiger partial charge on any atom is -0.486 e. The Bertz CT molecular complexity index is 619. The number of halogens is 1. The lowest BCUT2D eigenvalue weighted by molar-refractivity contribution is 0.308. The van der Waals surface area contributed by atoms with E-state index in [4.69, 9.17) is 22.1 Å². The second kappa shape index (κ2) is 4.83. The number of benzene rings is 1. The van der Waals surface area contributed by atoms with Gasteiger partial charge in [0, 0.05) is 16.7 Å². The van der Waals surface area contributed by atoms with E-state index in [0.29, 0.717) is 29.0 Å². The normalized spacial score (nSPS) is 12.5. The molecule has 0 saturated heterocycles. The summed E-state index contributed by atoms with van der Waals surface area (Å²) in [6.45, 7) is 0.358. The molecular formula is C12H12ClN5O. The van der Waals surface area contributed by atoms with Crippen LogP contribution in [-0.2, 0) is 6.61 Å². The lowest BCUT2D eigenvalue weighted by Crippen LogP contribution is -2.19. The summed E-state index contributed by atoms with van der Waals surface area (Å²) in [6.07, 6.45) is 0. The summed E-state index contributed by atoms with van der Waals surface area (Å²) >= 11 is 6.08. The van der Waals surface area contributed by atoms with Gasteiger partial charge in [0.05, 0.1) is 0 Å². The molecule has 2 aromatic rings. The summed E-state index contributed by atoms with van der Waals surface area (Å²) in [5, 5.41) is 0.672. The third-order valence-corrected chi connectivity index (χ3v) is 3.08. The lowest BCUT2D eigenvalue weighted by Gasteiger charge is -2.11. The molecule has 0 aliphatic carbocycles. The highest BCUT2D eigenvalue weighted by molar-refractivity contribution is 6.31. The van der Waals surface area contributed by atoms with Gasteiger partial charge in [0.2, 0.25) is 0 Å². The van der Waals surface area contributed by atoms with Crippen LogP contribution in [0.4, 0.5) is 17.3 Å². The molecule has 1 aliphatic heterocycles. The first-order chi connectivity index (χ1) is 9.24. The highest BCUT2D eigenvalue weighted by Gasteiger charge is 2.17. The van der Waals surface area contributed by atoms with Crippen molar-refractivity contribution in [2.45, 2.75) is 6.61 Å². The Morgan fingerprint density at radius 2 is 2.11 bits per heavy atom. The second-order valence-corrected chi connectivity index (χ2v) is 4.43. The largest absolute Gasteiger partial charge is 0.486 e. The van der Waals surface area contributed by atoms with Crippen molar-refractivity contribution in [1.29, 1.82) is 0 Å². The summed E-state index contributed by atoms with van der Waals surface area (Å²) in [4.78, 5) is 4.12. The van der Waals surface area contributed by atoms with Crippen LogP contribution in [0, 0.1) is 0 Å². The molecule has 0 saturated carbocycles. The average Bonchev–Trinajstić information content (AvgIpc) is 2.85. The van der Waals surface area contributed by atoms with Crippen molar-refractivity contribution in [3.63, 3.8) is 0 Å². The van der Waals surface area contributed by atoms with Gasteiger partial charge in [-0.25, -0.2) is 4.98 Å². The van der Waals surface area contributed by atoms with E-state index in [1.54, 1.807) is 6.07 Å². The summed E-state index contributed by atoms with van der Waals surface area (Å²) in [6, 6.07) is 9.20. The lowest BCUT2D eigenvalue weighted by atomic mass is 10.2.